The molecule has 1 saturated heterocycles. The number of hydrogen-bond donors (Lipinski definition) is 3. The van der Waals surface area contributed by atoms with Crippen molar-refractivity contribution < 1.29 is 46.2 Å². The summed E-state index contributed by atoms with van der Waals surface area (Å²) in [6, 6.07) is 8.92. The maximum Gasteiger partial charge on any atom is 0.408 e. The van der Waals surface area contributed by atoms with Crippen LogP contribution in [-0.2, 0) is 29.1 Å². The fraction of sp³-hybridized carbons (Fsp3) is 0.500. The number of allylic oxidation sites excluding steroid dienone is 1. The van der Waals surface area contributed by atoms with E-state index in [-0.39, 0.29) is 19.4 Å². The number of benzene rings is 1. The highest BCUT2D eigenvalue weighted by atomic mass is 32.2. The van der Waals surface area contributed by atoms with Crippen LogP contribution in [0.3, 0.4) is 0 Å². The van der Waals surface area contributed by atoms with E-state index in [0.29, 0.717) is 66.0 Å². The van der Waals surface area contributed by atoms with Crippen LogP contribution in [0.1, 0.15) is 78.6 Å². The van der Waals surface area contributed by atoms with Gasteiger partial charge in [0.15, 0.2) is 11.3 Å². The summed E-state index contributed by atoms with van der Waals surface area (Å²) >= 11 is 1.51. The summed E-state index contributed by atoms with van der Waals surface area (Å²) in [4.78, 5) is 63.5. The molecule has 4 aliphatic rings. The largest absolute Gasteiger partial charge is 0.497 e. The topological polar surface area (TPSA) is 195 Å². The van der Waals surface area contributed by atoms with Crippen LogP contribution in [0.2, 0.25) is 0 Å². The Bertz CT molecular complexity index is 2420. The number of nitrogens with one attached hydrogen (secondary N) is 3. The molecule has 3 fully saturated rings. The van der Waals surface area contributed by atoms with Crippen LogP contribution in [0.15, 0.2) is 58.3 Å². The second kappa shape index (κ2) is 15.8. The van der Waals surface area contributed by atoms with Crippen LogP contribution in [0.25, 0.3) is 32.6 Å². The van der Waals surface area contributed by atoms with E-state index in [4.69, 9.17) is 23.6 Å². The van der Waals surface area contributed by atoms with Crippen molar-refractivity contribution in [1.29, 1.82) is 0 Å². The van der Waals surface area contributed by atoms with Gasteiger partial charge in [0.05, 0.1) is 29.5 Å². The zero-order chi connectivity index (χ0) is 41.7. The minimum Gasteiger partial charge on any atom is -0.497 e. The molecular weight excluding hydrogens is 799 g/mol. The molecule has 2 aliphatic heterocycles. The van der Waals surface area contributed by atoms with Crippen molar-refractivity contribution in [2.24, 2.45) is 5.92 Å². The number of hydrogen-bond acceptors (Lipinski definition) is 12. The number of sulfonamides is 1. The Hall–Kier alpha value is -5.16. The summed E-state index contributed by atoms with van der Waals surface area (Å²) in [5.41, 5.74) is -0.237. The van der Waals surface area contributed by atoms with Gasteiger partial charge in [-0.05, 0) is 82.9 Å². The predicted molar refractivity (Wildman–Crippen MR) is 220 cm³/mol. The molecule has 1 aromatic carbocycles. The molecule has 0 unspecified atom stereocenters. The van der Waals surface area contributed by atoms with Gasteiger partial charge in [0.1, 0.15) is 46.2 Å². The Morgan fingerprint density at radius 3 is 2.63 bits per heavy atom. The number of carbonyl (C=O) groups is 4. The third-order valence-electron chi connectivity index (χ3n) is 11.2. The molecule has 3 aromatic heterocycles. The maximum atomic E-state index is 14.7. The lowest BCUT2D eigenvalue weighted by atomic mass is 10.0. The minimum atomic E-state index is -3.92. The number of rotatable bonds is 8. The Morgan fingerprint density at radius 2 is 1.90 bits per heavy atom. The molecule has 59 heavy (non-hydrogen) atoms. The molecule has 5 heterocycles. The van der Waals surface area contributed by atoms with Crippen LogP contribution in [-0.4, -0.2) is 90.3 Å². The second-order valence-electron chi connectivity index (χ2n) is 16.8. The fourth-order valence-corrected chi connectivity index (χ4v) is 9.98. The standard InChI is InChI=1S/C42H49N5O10S2/c1-41(2,3)57-40(51)44-29-12-9-7-5-6-8-11-24-22-42(24,39(50)46-59(52,53)27-15-16-27)45-37(48)31-19-26(23-47(31)38(29)49)55-33-21-30(34-13-10-18-58-34)43-35-28-17-14-25(54-4)20-32(28)56-36(33)35/h8,10-11,13-14,17-18,20-21,24,26-27,29,31H,5-7,9,12,15-16,19,22-23H2,1-4H3,(H,44,51)(H,45,48)(H,46,50)/b11-8-/t24-,26-,29+,31+,42-/m1/s1. The van der Waals surface area contributed by atoms with Crippen molar-refractivity contribution in [3.63, 3.8) is 0 Å². The van der Waals surface area contributed by atoms with Gasteiger partial charge >= 0.3 is 6.09 Å². The Kier molecular flexibility index (Phi) is 10.9. The zero-order valence-electron chi connectivity index (χ0n) is 33.4. The van der Waals surface area contributed by atoms with Gasteiger partial charge < -0.3 is 34.2 Å². The van der Waals surface area contributed by atoms with Crippen molar-refractivity contribution in [3.8, 4) is 22.1 Å². The Balaban J connectivity index is 1.15. The normalized spacial score (nSPS) is 25.9. The summed E-state index contributed by atoms with van der Waals surface area (Å²) in [7, 11) is -2.35. The highest BCUT2D eigenvalue weighted by Gasteiger charge is 2.62. The molecule has 3 N–H and O–H groups in total. The number of alkyl carbamates (subject to hydrolysis) is 1. The molecule has 314 valence electrons. The molecule has 5 atom stereocenters. The van der Waals surface area contributed by atoms with Crippen molar-refractivity contribution in [3.05, 3.63) is 53.9 Å². The first-order valence-electron chi connectivity index (χ1n) is 20.1. The van der Waals surface area contributed by atoms with Crippen molar-refractivity contribution in [2.75, 3.05) is 13.7 Å². The second-order valence-corrected chi connectivity index (χ2v) is 19.7. The van der Waals surface area contributed by atoms with E-state index >= 15 is 0 Å². The van der Waals surface area contributed by atoms with Crippen molar-refractivity contribution in [1.82, 2.24) is 25.2 Å². The molecule has 8 rings (SSSR count). The first-order valence-corrected chi connectivity index (χ1v) is 22.5. The predicted octanol–water partition coefficient (Wildman–Crippen LogP) is 5.96. The molecule has 0 spiro atoms. The maximum absolute atomic E-state index is 14.7. The van der Waals surface area contributed by atoms with Crippen molar-refractivity contribution >= 4 is 67.2 Å². The van der Waals surface area contributed by atoms with Gasteiger partial charge in [-0.1, -0.05) is 31.1 Å². The third-order valence-corrected chi connectivity index (χ3v) is 13.9. The van der Waals surface area contributed by atoms with Gasteiger partial charge in [-0.2, -0.15) is 0 Å². The summed E-state index contributed by atoms with van der Waals surface area (Å²) in [5, 5.41) is 7.71. The fourth-order valence-electron chi connectivity index (χ4n) is 7.93. The third kappa shape index (κ3) is 8.62. The Labute approximate surface area is 346 Å². The smallest absolute Gasteiger partial charge is 0.408 e. The van der Waals surface area contributed by atoms with Crippen LogP contribution in [0.5, 0.6) is 11.5 Å². The highest BCUT2D eigenvalue weighted by Crippen LogP contribution is 2.46. The lowest BCUT2D eigenvalue weighted by Crippen LogP contribution is -2.58. The summed E-state index contributed by atoms with van der Waals surface area (Å²) in [5.74, 6) is -1.44. The average Bonchev–Trinajstić information content (AvgIpc) is 3.97. The van der Waals surface area contributed by atoms with Gasteiger partial charge in [-0.15, -0.1) is 11.3 Å². The molecule has 0 bridgehead atoms. The van der Waals surface area contributed by atoms with E-state index in [1.54, 1.807) is 40.0 Å². The highest BCUT2D eigenvalue weighted by molar-refractivity contribution is 7.91. The number of aromatic nitrogens is 1. The molecule has 15 nitrogen and oxygen atoms in total. The van der Waals surface area contributed by atoms with Gasteiger partial charge in [0.25, 0.3) is 5.91 Å². The molecule has 0 radical (unpaired) electrons. The van der Waals surface area contributed by atoms with Crippen molar-refractivity contribution in [2.45, 2.75) is 113 Å². The molecule has 4 amide bonds. The molecular formula is C42H49N5O10S2. The van der Waals surface area contributed by atoms with Gasteiger partial charge in [0, 0.05) is 29.9 Å². The van der Waals surface area contributed by atoms with E-state index in [2.05, 4.69) is 15.4 Å². The number of fused-ring (bicyclic) bond motifs is 5. The van der Waals surface area contributed by atoms with Crippen LogP contribution < -0.4 is 24.8 Å². The van der Waals surface area contributed by atoms with Crippen LogP contribution >= 0.6 is 11.3 Å². The van der Waals surface area contributed by atoms with E-state index < -0.39 is 74.3 Å². The number of nitrogens with zero attached hydrogens (tertiary/aromatic N) is 2. The van der Waals surface area contributed by atoms with Crippen LogP contribution in [0.4, 0.5) is 4.79 Å². The lowest BCUT2D eigenvalue weighted by Gasteiger charge is -2.30. The lowest BCUT2D eigenvalue weighted by molar-refractivity contribution is -0.141. The number of carbonyl (C=O) groups excluding carboxylic acids is 4. The summed E-state index contributed by atoms with van der Waals surface area (Å²) in [6.07, 6.45) is 6.55. The first-order chi connectivity index (χ1) is 28.1. The van der Waals surface area contributed by atoms with Gasteiger partial charge in [-0.3, -0.25) is 19.1 Å². The molecule has 4 aromatic rings. The summed E-state index contributed by atoms with van der Waals surface area (Å²) in [6.45, 7) is 5.14. The number of amides is 4. The Morgan fingerprint density at radius 1 is 1.08 bits per heavy atom. The minimum absolute atomic E-state index is 0.0154. The van der Waals surface area contributed by atoms with Gasteiger partial charge in [-0.25, -0.2) is 18.2 Å². The van der Waals surface area contributed by atoms with E-state index in [1.807, 2.05) is 41.8 Å². The van der Waals surface area contributed by atoms with Gasteiger partial charge in [0.2, 0.25) is 21.8 Å². The first kappa shape index (κ1) is 40.6. The quantitative estimate of drug-likeness (QED) is 0.177. The number of methoxy groups -OCH3 is 1. The number of pyridine rings is 1. The van der Waals surface area contributed by atoms with E-state index in [0.717, 1.165) is 23.1 Å². The van der Waals surface area contributed by atoms with E-state index in [1.165, 1.54) is 16.2 Å². The molecule has 2 aliphatic carbocycles. The number of furan rings is 1. The zero-order valence-corrected chi connectivity index (χ0v) is 35.1. The molecule has 17 heteroatoms. The van der Waals surface area contributed by atoms with E-state index in [9.17, 15) is 27.6 Å². The number of ether oxygens (including phenoxy) is 3. The average molecular weight is 848 g/mol. The molecule has 2 saturated carbocycles. The number of thiophene rings is 1. The monoisotopic (exact) mass is 847 g/mol. The summed E-state index contributed by atoms with van der Waals surface area (Å²) < 4.78 is 52.1. The van der Waals surface area contributed by atoms with Crippen LogP contribution in [0, 0.1) is 5.92 Å². The SMILES string of the molecule is COc1ccc2c(c1)oc1c(O[C@@H]3C[C@H]4C(=O)N[C@]5(C(=O)NS(=O)(=O)C6CC6)C[C@H]5/C=C\CCCCC[C@H](NC(=O)OC(C)(C)C)C(=O)N4C3)cc(-c3cccs3)nc12.